The number of ether oxygens (including phenoxy) is 1. The summed E-state index contributed by atoms with van der Waals surface area (Å²) in [6.07, 6.45) is -4.57. The van der Waals surface area contributed by atoms with Crippen LogP contribution in [0, 0.1) is 10.1 Å². The van der Waals surface area contributed by atoms with E-state index in [4.69, 9.17) is 16.3 Å². The summed E-state index contributed by atoms with van der Waals surface area (Å²) >= 11 is 5.72. The zero-order chi connectivity index (χ0) is 24.5. The van der Waals surface area contributed by atoms with Crippen LogP contribution in [-0.2, 0) is 10.9 Å². The fourth-order valence-electron chi connectivity index (χ4n) is 4.15. The number of amides is 1. The van der Waals surface area contributed by atoms with Crippen LogP contribution < -0.4 is 9.80 Å². The molecular formula is C22H22ClF3N4O4. The van der Waals surface area contributed by atoms with Crippen LogP contribution in [0.3, 0.4) is 0 Å². The lowest BCUT2D eigenvalue weighted by Gasteiger charge is -2.37. The molecule has 2 aliphatic heterocycles. The number of piperazine rings is 1. The van der Waals surface area contributed by atoms with E-state index in [1.54, 1.807) is 15.9 Å². The molecule has 0 bridgehead atoms. The van der Waals surface area contributed by atoms with Gasteiger partial charge in [0.2, 0.25) is 0 Å². The van der Waals surface area contributed by atoms with Gasteiger partial charge in [0.1, 0.15) is 0 Å². The highest BCUT2D eigenvalue weighted by molar-refractivity contribution is 6.31. The molecule has 0 spiro atoms. The molecule has 2 aromatic rings. The van der Waals surface area contributed by atoms with Gasteiger partial charge in [0, 0.05) is 57.1 Å². The monoisotopic (exact) mass is 498 g/mol. The maximum Gasteiger partial charge on any atom is 0.417 e. The van der Waals surface area contributed by atoms with E-state index in [1.165, 1.54) is 24.3 Å². The van der Waals surface area contributed by atoms with Gasteiger partial charge in [-0.15, -0.1) is 0 Å². The molecule has 0 saturated carbocycles. The maximum atomic E-state index is 13.4. The van der Waals surface area contributed by atoms with Crippen molar-refractivity contribution in [3.8, 4) is 0 Å². The summed E-state index contributed by atoms with van der Waals surface area (Å²) in [5, 5.41) is 10.9. The average Bonchev–Trinajstić information content (AvgIpc) is 2.83. The van der Waals surface area contributed by atoms with E-state index in [1.807, 2.05) is 4.90 Å². The summed E-state index contributed by atoms with van der Waals surface area (Å²) in [6.45, 7) is 3.24. The Morgan fingerprint density at radius 1 is 0.971 bits per heavy atom. The van der Waals surface area contributed by atoms with Gasteiger partial charge in [-0.25, -0.2) is 0 Å². The molecule has 0 N–H and O–H groups in total. The first kappa shape index (κ1) is 24.1. The molecule has 2 aliphatic rings. The second-order valence-corrected chi connectivity index (χ2v) is 8.41. The van der Waals surface area contributed by atoms with Crippen molar-refractivity contribution in [3.63, 3.8) is 0 Å². The third-order valence-corrected chi connectivity index (χ3v) is 6.29. The number of halogens is 4. The Hall–Kier alpha value is -3.05. The lowest BCUT2D eigenvalue weighted by atomic mass is 10.1. The number of nitrogens with zero attached hydrogens (tertiary/aromatic N) is 4. The molecular weight excluding hydrogens is 477 g/mol. The second-order valence-electron chi connectivity index (χ2n) is 8.00. The van der Waals surface area contributed by atoms with E-state index in [0.717, 1.165) is 6.07 Å². The molecule has 12 heteroatoms. The summed E-state index contributed by atoms with van der Waals surface area (Å²) in [6, 6.07) is 7.99. The van der Waals surface area contributed by atoms with Crippen LogP contribution in [0.2, 0.25) is 5.02 Å². The normalized spacial score (nSPS) is 17.1. The minimum absolute atomic E-state index is 0.181. The van der Waals surface area contributed by atoms with Crippen LogP contribution >= 0.6 is 11.6 Å². The molecule has 0 aromatic heterocycles. The van der Waals surface area contributed by atoms with Gasteiger partial charge in [-0.3, -0.25) is 14.9 Å². The summed E-state index contributed by atoms with van der Waals surface area (Å²) in [5.41, 5.74) is 0.120. The number of carbonyl (C=O) groups excluding carboxylic acids is 1. The van der Waals surface area contributed by atoms with Crippen LogP contribution in [0.15, 0.2) is 36.4 Å². The van der Waals surface area contributed by atoms with Gasteiger partial charge < -0.3 is 19.4 Å². The Kier molecular flexibility index (Phi) is 6.85. The number of rotatable bonds is 4. The van der Waals surface area contributed by atoms with E-state index in [-0.39, 0.29) is 35.3 Å². The van der Waals surface area contributed by atoms with Crippen molar-refractivity contribution < 1.29 is 27.6 Å². The van der Waals surface area contributed by atoms with Crippen LogP contribution in [0.25, 0.3) is 0 Å². The van der Waals surface area contributed by atoms with E-state index in [2.05, 4.69) is 0 Å². The molecule has 0 unspecified atom stereocenters. The first-order valence-corrected chi connectivity index (χ1v) is 11.0. The molecule has 0 radical (unpaired) electrons. The molecule has 2 saturated heterocycles. The summed E-state index contributed by atoms with van der Waals surface area (Å²) in [5.74, 6) is -0.350. The Labute approximate surface area is 198 Å². The Balaban J connectivity index is 1.52. The molecule has 4 rings (SSSR count). The van der Waals surface area contributed by atoms with Crippen LogP contribution in [0.1, 0.15) is 15.9 Å². The number of morpholine rings is 1. The number of hydrogen-bond acceptors (Lipinski definition) is 6. The van der Waals surface area contributed by atoms with Crippen molar-refractivity contribution in [1.29, 1.82) is 0 Å². The molecule has 1 amide bonds. The van der Waals surface area contributed by atoms with Gasteiger partial charge in [-0.2, -0.15) is 13.2 Å². The van der Waals surface area contributed by atoms with Crippen LogP contribution in [-0.4, -0.2) is 68.2 Å². The molecule has 8 nitrogen and oxygen atoms in total. The minimum Gasteiger partial charge on any atom is -0.378 e. The number of hydrogen-bond donors (Lipinski definition) is 0. The van der Waals surface area contributed by atoms with E-state index < -0.39 is 16.7 Å². The Morgan fingerprint density at radius 2 is 1.65 bits per heavy atom. The topological polar surface area (TPSA) is 79.2 Å². The fraction of sp³-hybridized carbons (Fsp3) is 0.409. The average molecular weight is 499 g/mol. The molecule has 2 heterocycles. The fourth-order valence-corrected chi connectivity index (χ4v) is 4.38. The van der Waals surface area contributed by atoms with E-state index >= 15 is 0 Å². The van der Waals surface area contributed by atoms with Gasteiger partial charge in [0.25, 0.3) is 11.6 Å². The summed E-state index contributed by atoms with van der Waals surface area (Å²) in [4.78, 5) is 29.4. The van der Waals surface area contributed by atoms with Crippen LogP contribution in [0.4, 0.5) is 30.2 Å². The maximum absolute atomic E-state index is 13.4. The standard InChI is InChI=1S/C22H22ClF3N4O4/c23-19-3-1-15(14-18(19)22(24,25)26)27-5-7-29(8-6-27)21(31)17-13-16(30(32)33)2-4-20(17)28-9-11-34-12-10-28/h1-4,13-14H,5-12H2. The highest BCUT2D eigenvalue weighted by Crippen LogP contribution is 2.37. The number of nitro benzene ring substituents is 1. The first-order chi connectivity index (χ1) is 16.1. The zero-order valence-corrected chi connectivity index (χ0v) is 18.8. The highest BCUT2D eigenvalue weighted by Gasteiger charge is 2.34. The Morgan fingerprint density at radius 3 is 2.26 bits per heavy atom. The van der Waals surface area contributed by atoms with E-state index in [0.29, 0.717) is 50.8 Å². The zero-order valence-electron chi connectivity index (χ0n) is 18.1. The molecule has 2 aromatic carbocycles. The van der Waals surface area contributed by atoms with Gasteiger partial charge in [0.15, 0.2) is 0 Å². The number of anilines is 2. The SMILES string of the molecule is O=C(c1cc([N+](=O)[O-])ccc1N1CCOCC1)N1CCN(c2ccc(Cl)c(C(F)(F)F)c2)CC1. The molecule has 34 heavy (non-hydrogen) atoms. The number of non-ortho nitro benzene ring substituents is 1. The smallest absolute Gasteiger partial charge is 0.378 e. The number of alkyl halides is 3. The van der Waals surface area contributed by atoms with Gasteiger partial charge >= 0.3 is 6.18 Å². The minimum atomic E-state index is -4.57. The van der Waals surface area contributed by atoms with Crippen molar-refractivity contribution in [3.05, 3.63) is 62.7 Å². The van der Waals surface area contributed by atoms with E-state index in [9.17, 15) is 28.1 Å². The lowest BCUT2D eigenvalue weighted by Crippen LogP contribution is -2.49. The molecule has 0 aliphatic carbocycles. The molecule has 2 fully saturated rings. The molecule has 182 valence electrons. The largest absolute Gasteiger partial charge is 0.417 e. The Bertz CT molecular complexity index is 1080. The third-order valence-electron chi connectivity index (χ3n) is 5.96. The number of benzene rings is 2. The van der Waals surface area contributed by atoms with Crippen LogP contribution in [0.5, 0.6) is 0 Å². The third kappa shape index (κ3) is 5.05. The van der Waals surface area contributed by atoms with Gasteiger partial charge in [-0.1, -0.05) is 11.6 Å². The first-order valence-electron chi connectivity index (χ1n) is 10.7. The van der Waals surface area contributed by atoms with Gasteiger partial charge in [0.05, 0.1) is 40.0 Å². The van der Waals surface area contributed by atoms with Crippen molar-refractivity contribution in [1.82, 2.24) is 4.90 Å². The van der Waals surface area contributed by atoms with Crippen molar-refractivity contribution in [2.75, 3.05) is 62.3 Å². The van der Waals surface area contributed by atoms with Crippen molar-refractivity contribution in [2.45, 2.75) is 6.18 Å². The van der Waals surface area contributed by atoms with Crippen molar-refractivity contribution >= 4 is 34.6 Å². The summed E-state index contributed by atoms with van der Waals surface area (Å²) in [7, 11) is 0. The molecule has 0 atom stereocenters. The second kappa shape index (κ2) is 9.67. The summed E-state index contributed by atoms with van der Waals surface area (Å²) < 4.78 is 45.0. The predicted molar refractivity (Wildman–Crippen MR) is 121 cm³/mol. The lowest BCUT2D eigenvalue weighted by molar-refractivity contribution is -0.384. The van der Waals surface area contributed by atoms with Crippen molar-refractivity contribution in [2.24, 2.45) is 0 Å². The highest BCUT2D eigenvalue weighted by atomic mass is 35.5. The van der Waals surface area contributed by atoms with Gasteiger partial charge in [-0.05, 0) is 24.3 Å². The number of carbonyl (C=O) groups is 1. The number of nitro groups is 1. The predicted octanol–water partition coefficient (Wildman–Crippen LogP) is 4.07. The quantitative estimate of drug-likeness (QED) is 0.467.